The minimum Gasteiger partial charge on any atom is -0.482 e. The molecule has 1 spiro atoms. The molecule has 176 valence electrons. The van der Waals surface area contributed by atoms with E-state index in [0.717, 1.165) is 48.5 Å². The molecule has 7 nitrogen and oxygen atoms in total. The summed E-state index contributed by atoms with van der Waals surface area (Å²) in [6, 6.07) is 6.21. The maximum atomic E-state index is 12.6. The molecule has 1 amide bonds. The Kier molecular flexibility index (Phi) is 5.29. The van der Waals surface area contributed by atoms with Gasteiger partial charge in [0.15, 0.2) is 0 Å². The fourth-order valence-corrected chi connectivity index (χ4v) is 5.56. The number of nitrogens with zero attached hydrogens (tertiary/aromatic N) is 4. The second-order valence-electron chi connectivity index (χ2n) is 10.2. The van der Waals surface area contributed by atoms with Crippen LogP contribution in [0, 0.1) is 5.92 Å². The molecule has 1 aromatic heterocycles. The van der Waals surface area contributed by atoms with Crippen molar-refractivity contribution in [3.8, 4) is 17.0 Å². The average Bonchev–Trinajstić information content (AvgIpc) is 3.54. The smallest absolute Gasteiger partial charge is 0.409 e. The summed E-state index contributed by atoms with van der Waals surface area (Å²) in [6.45, 7) is 3.94. The third-order valence-corrected chi connectivity index (χ3v) is 7.99. The SMILES string of the molecule is CN1CCC(n2cc3c(n2)-c2ccc(Cl)cc2OC32CCN(C(=O)OCC3CC3)CC2)CC1. The summed E-state index contributed by atoms with van der Waals surface area (Å²) >= 11 is 6.32. The third-order valence-electron chi connectivity index (χ3n) is 7.76. The monoisotopic (exact) mass is 470 g/mol. The Labute approximate surface area is 199 Å². The van der Waals surface area contributed by atoms with Gasteiger partial charge in [0.2, 0.25) is 0 Å². The van der Waals surface area contributed by atoms with E-state index in [0.29, 0.717) is 49.5 Å². The van der Waals surface area contributed by atoms with Gasteiger partial charge in [-0.3, -0.25) is 4.68 Å². The van der Waals surface area contributed by atoms with Crippen molar-refractivity contribution in [1.82, 2.24) is 19.6 Å². The molecule has 1 aromatic carbocycles. The number of rotatable bonds is 3. The average molecular weight is 471 g/mol. The van der Waals surface area contributed by atoms with E-state index in [1.165, 1.54) is 12.8 Å². The first-order valence-corrected chi connectivity index (χ1v) is 12.6. The molecule has 2 saturated heterocycles. The van der Waals surface area contributed by atoms with Crippen molar-refractivity contribution >= 4 is 17.7 Å². The van der Waals surface area contributed by atoms with Crippen LogP contribution in [0.4, 0.5) is 4.79 Å². The van der Waals surface area contributed by atoms with Gasteiger partial charge in [-0.05, 0) is 69.9 Å². The van der Waals surface area contributed by atoms with Crippen LogP contribution in [0.3, 0.4) is 0 Å². The minimum atomic E-state index is -0.496. The van der Waals surface area contributed by atoms with Gasteiger partial charge in [-0.2, -0.15) is 5.10 Å². The number of fused-ring (bicyclic) bond motifs is 4. The fraction of sp³-hybridized carbons (Fsp3) is 0.600. The number of piperidine rings is 2. The topological polar surface area (TPSA) is 59.8 Å². The number of amides is 1. The summed E-state index contributed by atoms with van der Waals surface area (Å²) in [5, 5.41) is 5.76. The lowest BCUT2D eigenvalue weighted by atomic mass is 9.81. The molecule has 6 rings (SSSR count). The highest BCUT2D eigenvalue weighted by Gasteiger charge is 2.46. The van der Waals surface area contributed by atoms with E-state index in [1.807, 2.05) is 23.1 Å². The van der Waals surface area contributed by atoms with E-state index in [4.69, 9.17) is 26.2 Å². The van der Waals surface area contributed by atoms with Crippen LogP contribution < -0.4 is 4.74 Å². The second kappa shape index (κ2) is 8.20. The van der Waals surface area contributed by atoms with Crippen LogP contribution in [0.1, 0.15) is 50.1 Å². The molecule has 0 bridgehead atoms. The van der Waals surface area contributed by atoms with E-state index in [2.05, 4.69) is 22.8 Å². The third kappa shape index (κ3) is 3.99. The molecule has 1 aliphatic carbocycles. The van der Waals surface area contributed by atoms with Crippen molar-refractivity contribution in [3.05, 3.63) is 35.0 Å². The second-order valence-corrected chi connectivity index (χ2v) is 10.6. The molecule has 8 heteroatoms. The Morgan fingerprint density at radius 2 is 1.94 bits per heavy atom. The molecule has 0 unspecified atom stereocenters. The Morgan fingerprint density at radius 1 is 1.18 bits per heavy atom. The molecule has 0 N–H and O–H groups in total. The normalized spacial score (nSPS) is 22.5. The fourth-order valence-electron chi connectivity index (χ4n) is 5.40. The molecular formula is C25H31ClN4O3. The lowest BCUT2D eigenvalue weighted by Crippen LogP contribution is -2.49. The van der Waals surface area contributed by atoms with E-state index in [1.54, 1.807) is 0 Å². The first-order valence-electron chi connectivity index (χ1n) is 12.2. The predicted molar refractivity (Wildman–Crippen MR) is 126 cm³/mol. The van der Waals surface area contributed by atoms with Crippen molar-refractivity contribution in [2.45, 2.75) is 50.2 Å². The van der Waals surface area contributed by atoms with Crippen LogP contribution in [0.2, 0.25) is 5.02 Å². The standard InChI is InChI=1S/C25H31ClN4O3/c1-28-10-6-19(7-11-28)30-15-21-23(27-30)20-5-4-18(26)14-22(20)33-25(21)8-12-29(13-9-25)24(31)32-16-17-2-3-17/h4-5,14-15,17,19H,2-3,6-13,16H2,1H3. The van der Waals surface area contributed by atoms with Gasteiger partial charge in [0.05, 0.1) is 12.6 Å². The summed E-state index contributed by atoms with van der Waals surface area (Å²) in [5.74, 6) is 1.36. The highest BCUT2D eigenvalue weighted by molar-refractivity contribution is 6.30. The molecule has 4 aliphatic rings. The Balaban J connectivity index is 1.28. The van der Waals surface area contributed by atoms with E-state index < -0.39 is 5.60 Å². The van der Waals surface area contributed by atoms with Gasteiger partial charge in [-0.25, -0.2) is 4.79 Å². The summed E-state index contributed by atoms with van der Waals surface area (Å²) in [7, 11) is 2.18. The van der Waals surface area contributed by atoms with Crippen LogP contribution in [-0.4, -0.2) is 65.5 Å². The first-order chi connectivity index (χ1) is 16.0. The van der Waals surface area contributed by atoms with Gasteiger partial charge in [0, 0.05) is 48.3 Å². The van der Waals surface area contributed by atoms with E-state index in [-0.39, 0.29) is 6.09 Å². The number of benzene rings is 1. The zero-order chi connectivity index (χ0) is 22.6. The van der Waals surface area contributed by atoms with Crippen LogP contribution >= 0.6 is 11.6 Å². The van der Waals surface area contributed by atoms with Crippen LogP contribution in [0.15, 0.2) is 24.4 Å². The number of hydrogen-bond acceptors (Lipinski definition) is 5. The predicted octanol–water partition coefficient (Wildman–Crippen LogP) is 4.70. The van der Waals surface area contributed by atoms with Crippen molar-refractivity contribution in [2.75, 3.05) is 39.8 Å². The minimum absolute atomic E-state index is 0.196. The van der Waals surface area contributed by atoms with Gasteiger partial charge >= 0.3 is 6.09 Å². The van der Waals surface area contributed by atoms with E-state index >= 15 is 0 Å². The number of carbonyl (C=O) groups is 1. The van der Waals surface area contributed by atoms with Crippen molar-refractivity contribution in [1.29, 1.82) is 0 Å². The number of ether oxygens (including phenoxy) is 2. The largest absolute Gasteiger partial charge is 0.482 e. The van der Waals surface area contributed by atoms with Crippen LogP contribution in [0.5, 0.6) is 5.75 Å². The zero-order valence-corrected chi connectivity index (χ0v) is 19.9. The number of carbonyl (C=O) groups excluding carboxylic acids is 1. The quantitative estimate of drug-likeness (QED) is 0.650. The van der Waals surface area contributed by atoms with Crippen molar-refractivity contribution in [3.63, 3.8) is 0 Å². The number of likely N-dealkylation sites (tertiary alicyclic amines) is 2. The van der Waals surface area contributed by atoms with Crippen LogP contribution in [0.25, 0.3) is 11.3 Å². The highest BCUT2D eigenvalue weighted by Crippen LogP contribution is 2.50. The van der Waals surface area contributed by atoms with E-state index in [9.17, 15) is 4.79 Å². The molecule has 33 heavy (non-hydrogen) atoms. The number of hydrogen-bond donors (Lipinski definition) is 0. The summed E-state index contributed by atoms with van der Waals surface area (Å²) in [4.78, 5) is 16.8. The Bertz CT molecular complexity index is 1050. The maximum absolute atomic E-state index is 12.6. The maximum Gasteiger partial charge on any atom is 0.409 e. The van der Waals surface area contributed by atoms with Crippen molar-refractivity contribution in [2.24, 2.45) is 5.92 Å². The Hall–Kier alpha value is -2.25. The Morgan fingerprint density at radius 3 is 2.67 bits per heavy atom. The summed E-state index contributed by atoms with van der Waals surface area (Å²) in [5.41, 5.74) is 2.64. The molecule has 2 aromatic rings. The lowest BCUT2D eigenvalue weighted by molar-refractivity contribution is -0.00606. The van der Waals surface area contributed by atoms with Gasteiger partial charge in [-0.1, -0.05) is 11.6 Å². The van der Waals surface area contributed by atoms with Gasteiger partial charge in [-0.15, -0.1) is 0 Å². The number of halogens is 1. The molecular weight excluding hydrogens is 440 g/mol. The number of aromatic nitrogens is 2. The van der Waals surface area contributed by atoms with Crippen LogP contribution in [-0.2, 0) is 10.3 Å². The molecule has 3 fully saturated rings. The zero-order valence-electron chi connectivity index (χ0n) is 19.1. The molecule has 0 atom stereocenters. The highest BCUT2D eigenvalue weighted by atomic mass is 35.5. The molecule has 1 saturated carbocycles. The molecule has 3 aliphatic heterocycles. The summed E-state index contributed by atoms with van der Waals surface area (Å²) < 4.78 is 14.4. The van der Waals surface area contributed by atoms with Gasteiger partial charge < -0.3 is 19.3 Å². The summed E-state index contributed by atoms with van der Waals surface area (Å²) in [6.07, 6.45) is 7.99. The van der Waals surface area contributed by atoms with Gasteiger partial charge in [0.25, 0.3) is 0 Å². The van der Waals surface area contributed by atoms with Crippen molar-refractivity contribution < 1.29 is 14.3 Å². The van der Waals surface area contributed by atoms with Gasteiger partial charge in [0.1, 0.15) is 17.0 Å². The molecule has 0 radical (unpaired) electrons. The first kappa shape index (κ1) is 21.3. The lowest BCUT2D eigenvalue weighted by Gasteiger charge is -2.43. The molecule has 4 heterocycles.